The SMILES string of the molecule is CCC1=C(Cl)N=C(C(=O)N[C@@H]2CCN(c3nc(C)c(C(=O)O)s3)C[C@@H]2OC(C)C)C1. The monoisotopic (exact) mass is 454 g/mol. The molecule has 0 aromatic carbocycles. The number of nitrogens with one attached hydrogen (secondary N) is 1. The van der Waals surface area contributed by atoms with Gasteiger partial charge in [-0.3, -0.25) is 4.79 Å². The van der Waals surface area contributed by atoms with Gasteiger partial charge in [0.15, 0.2) is 5.13 Å². The lowest BCUT2D eigenvalue weighted by Gasteiger charge is -2.39. The first-order chi connectivity index (χ1) is 14.2. The second kappa shape index (κ2) is 9.45. The standard InChI is InChI=1S/C20H27ClN4O4S/c1-5-12-8-14(23-17(12)21)18(26)24-13-6-7-25(9-15(13)29-10(2)3)20-22-11(4)16(30-20)19(27)28/h10,13,15H,5-9H2,1-4H3,(H,24,26)(H,27,28)/t13-,15+/m1/s1. The maximum atomic E-state index is 12.8. The zero-order valence-electron chi connectivity index (χ0n) is 17.6. The molecular weight excluding hydrogens is 428 g/mol. The van der Waals surface area contributed by atoms with Crippen molar-refractivity contribution >= 4 is 45.7 Å². The Balaban J connectivity index is 1.70. The molecule has 8 nitrogen and oxygen atoms in total. The van der Waals surface area contributed by atoms with Gasteiger partial charge in [0.25, 0.3) is 5.91 Å². The number of allylic oxidation sites excluding steroid dienone is 1. The normalized spacial score (nSPS) is 21.9. The smallest absolute Gasteiger partial charge is 0.347 e. The van der Waals surface area contributed by atoms with Gasteiger partial charge in [0.1, 0.15) is 15.7 Å². The van der Waals surface area contributed by atoms with Crippen molar-refractivity contribution in [3.8, 4) is 0 Å². The van der Waals surface area contributed by atoms with Crippen LogP contribution in [0.2, 0.25) is 0 Å². The van der Waals surface area contributed by atoms with Crippen molar-refractivity contribution in [3.63, 3.8) is 0 Å². The van der Waals surface area contributed by atoms with E-state index in [-0.39, 0.29) is 29.0 Å². The van der Waals surface area contributed by atoms with Crippen LogP contribution in [-0.2, 0) is 9.53 Å². The Morgan fingerprint density at radius 2 is 2.17 bits per heavy atom. The van der Waals surface area contributed by atoms with Crippen molar-refractivity contribution in [2.24, 2.45) is 4.99 Å². The van der Waals surface area contributed by atoms with E-state index in [1.165, 1.54) is 11.3 Å². The van der Waals surface area contributed by atoms with E-state index in [4.69, 9.17) is 16.3 Å². The van der Waals surface area contributed by atoms with E-state index in [2.05, 4.69) is 15.3 Å². The number of rotatable bonds is 7. The highest BCUT2D eigenvalue weighted by molar-refractivity contribution is 7.17. The number of ether oxygens (including phenoxy) is 1. The summed E-state index contributed by atoms with van der Waals surface area (Å²) >= 11 is 7.28. The molecule has 1 fully saturated rings. The van der Waals surface area contributed by atoms with Crippen LogP contribution >= 0.6 is 22.9 Å². The molecule has 1 aromatic heterocycles. The lowest BCUT2D eigenvalue weighted by molar-refractivity contribution is -0.117. The summed E-state index contributed by atoms with van der Waals surface area (Å²) in [6, 6.07) is -0.177. The number of hydrogen-bond donors (Lipinski definition) is 2. The van der Waals surface area contributed by atoms with Crippen molar-refractivity contribution in [3.05, 3.63) is 21.3 Å². The largest absolute Gasteiger partial charge is 0.477 e. The van der Waals surface area contributed by atoms with Crippen LogP contribution in [0, 0.1) is 6.92 Å². The Hall–Kier alpha value is -1.97. The summed E-state index contributed by atoms with van der Waals surface area (Å²) in [4.78, 5) is 35.0. The number of thiazole rings is 1. The maximum absolute atomic E-state index is 12.8. The first-order valence-electron chi connectivity index (χ1n) is 10.1. The fourth-order valence-corrected chi connectivity index (χ4v) is 4.87. The zero-order valence-corrected chi connectivity index (χ0v) is 19.1. The maximum Gasteiger partial charge on any atom is 0.347 e. The average Bonchev–Trinajstić information content (AvgIpc) is 3.25. The van der Waals surface area contributed by atoms with E-state index in [1.807, 2.05) is 25.7 Å². The first-order valence-corrected chi connectivity index (χ1v) is 11.3. The summed E-state index contributed by atoms with van der Waals surface area (Å²) in [6.07, 6.45) is 1.62. The number of aliphatic imine (C=N–C) groups is 1. The molecule has 0 radical (unpaired) electrons. The molecule has 2 aliphatic heterocycles. The summed E-state index contributed by atoms with van der Waals surface area (Å²) in [5, 5.41) is 13.5. The minimum atomic E-state index is -0.968. The fourth-order valence-electron chi connectivity index (χ4n) is 3.62. The molecular formula is C20H27ClN4O4S. The zero-order chi connectivity index (χ0) is 22.0. The molecule has 30 heavy (non-hydrogen) atoms. The molecule has 1 amide bonds. The number of nitrogens with zero attached hydrogens (tertiary/aromatic N) is 3. The number of carbonyl (C=O) groups is 2. The third-order valence-electron chi connectivity index (χ3n) is 5.17. The molecule has 3 heterocycles. The van der Waals surface area contributed by atoms with Gasteiger partial charge >= 0.3 is 5.97 Å². The minimum Gasteiger partial charge on any atom is -0.477 e. The summed E-state index contributed by atoms with van der Waals surface area (Å²) in [6.45, 7) is 8.75. The fraction of sp³-hybridized carbons (Fsp3) is 0.600. The van der Waals surface area contributed by atoms with Crippen LogP contribution in [0.25, 0.3) is 0 Å². The number of aryl methyl sites for hydroxylation is 1. The number of carboxylic acids is 1. The van der Waals surface area contributed by atoms with Gasteiger partial charge in [-0.2, -0.15) is 0 Å². The van der Waals surface area contributed by atoms with Gasteiger partial charge in [0.05, 0.1) is 23.9 Å². The van der Waals surface area contributed by atoms with Gasteiger partial charge in [-0.05, 0) is 39.2 Å². The molecule has 0 aliphatic carbocycles. The topological polar surface area (TPSA) is 104 Å². The molecule has 0 unspecified atom stereocenters. The number of aromatic nitrogens is 1. The van der Waals surface area contributed by atoms with Gasteiger partial charge in [0.2, 0.25) is 0 Å². The second-order valence-electron chi connectivity index (χ2n) is 7.74. The average molecular weight is 455 g/mol. The van der Waals surface area contributed by atoms with Crippen LogP contribution < -0.4 is 10.2 Å². The molecule has 164 valence electrons. The van der Waals surface area contributed by atoms with Crippen LogP contribution in [0.3, 0.4) is 0 Å². The van der Waals surface area contributed by atoms with E-state index < -0.39 is 5.97 Å². The lowest BCUT2D eigenvalue weighted by Crippen LogP contribution is -2.56. The summed E-state index contributed by atoms with van der Waals surface area (Å²) in [7, 11) is 0. The van der Waals surface area contributed by atoms with Gasteiger partial charge in [-0.25, -0.2) is 14.8 Å². The summed E-state index contributed by atoms with van der Waals surface area (Å²) in [5.74, 6) is -1.19. The number of hydrogen-bond acceptors (Lipinski definition) is 7. The molecule has 2 atom stereocenters. The molecule has 2 N–H and O–H groups in total. The van der Waals surface area contributed by atoms with Gasteiger partial charge in [-0.15, -0.1) is 0 Å². The van der Waals surface area contributed by atoms with Crippen molar-refractivity contribution in [2.45, 2.75) is 65.2 Å². The highest BCUT2D eigenvalue weighted by atomic mass is 35.5. The Labute approximate surface area is 185 Å². The predicted octanol–water partition coefficient (Wildman–Crippen LogP) is 3.34. The summed E-state index contributed by atoms with van der Waals surface area (Å²) in [5.41, 5.74) is 1.92. The molecule has 10 heteroatoms. The number of carboxylic acid groups (broad SMARTS) is 1. The van der Waals surface area contributed by atoms with Crippen LogP contribution in [0.15, 0.2) is 15.7 Å². The second-order valence-corrected chi connectivity index (χ2v) is 9.07. The molecule has 0 bridgehead atoms. The van der Waals surface area contributed by atoms with E-state index in [9.17, 15) is 14.7 Å². The highest BCUT2D eigenvalue weighted by Crippen LogP contribution is 2.30. The van der Waals surface area contributed by atoms with E-state index in [0.29, 0.717) is 47.6 Å². The van der Waals surface area contributed by atoms with Crippen LogP contribution in [0.1, 0.15) is 55.4 Å². The van der Waals surface area contributed by atoms with E-state index in [1.54, 1.807) is 6.92 Å². The van der Waals surface area contributed by atoms with E-state index in [0.717, 1.165) is 12.0 Å². The molecule has 1 saturated heterocycles. The Morgan fingerprint density at radius 1 is 1.43 bits per heavy atom. The molecule has 3 rings (SSSR count). The lowest BCUT2D eigenvalue weighted by atomic mass is 10.0. The van der Waals surface area contributed by atoms with Crippen LogP contribution in [-0.4, -0.2) is 59.0 Å². The molecule has 2 aliphatic rings. The highest BCUT2D eigenvalue weighted by Gasteiger charge is 2.35. The molecule has 0 saturated carbocycles. The van der Waals surface area contributed by atoms with Crippen molar-refractivity contribution < 1.29 is 19.4 Å². The third-order valence-corrected chi connectivity index (χ3v) is 6.73. The Kier molecular flexibility index (Phi) is 7.15. The number of halogens is 1. The Bertz CT molecular complexity index is 895. The van der Waals surface area contributed by atoms with Gasteiger partial charge in [-0.1, -0.05) is 29.9 Å². The number of amides is 1. The van der Waals surface area contributed by atoms with Crippen molar-refractivity contribution in [1.82, 2.24) is 10.3 Å². The predicted molar refractivity (Wildman–Crippen MR) is 118 cm³/mol. The van der Waals surface area contributed by atoms with Crippen molar-refractivity contribution in [2.75, 3.05) is 18.0 Å². The van der Waals surface area contributed by atoms with Crippen LogP contribution in [0.4, 0.5) is 5.13 Å². The summed E-state index contributed by atoms with van der Waals surface area (Å²) < 4.78 is 6.09. The van der Waals surface area contributed by atoms with E-state index >= 15 is 0 Å². The van der Waals surface area contributed by atoms with Crippen LogP contribution in [0.5, 0.6) is 0 Å². The quantitative estimate of drug-likeness (QED) is 0.612. The minimum absolute atomic E-state index is 0.0198. The first kappa shape index (κ1) is 22.7. The van der Waals surface area contributed by atoms with Gasteiger partial charge in [0, 0.05) is 19.5 Å². The third kappa shape index (κ3) is 5.01. The number of anilines is 1. The molecule has 0 spiro atoms. The number of carbonyl (C=O) groups excluding carboxylic acids is 1. The molecule has 1 aromatic rings. The van der Waals surface area contributed by atoms with Crippen molar-refractivity contribution in [1.29, 1.82) is 0 Å². The Morgan fingerprint density at radius 3 is 2.73 bits per heavy atom. The van der Waals surface area contributed by atoms with Gasteiger partial charge < -0.3 is 20.1 Å². The number of aromatic carboxylic acids is 1. The number of piperidine rings is 1.